The first-order chi connectivity index (χ1) is 16.3. The Balaban J connectivity index is 1.32. The highest BCUT2D eigenvalue weighted by atomic mass is 16.5. The number of rotatable bonds is 11. The van der Waals surface area contributed by atoms with Crippen LogP contribution in [0, 0.1) is 29.6 Å². The quantitative estimate of drug-likeness (QED) is 0.242. The third-order valence-corrected chi connectivity index (χ3v) is 7.94. The molecule has 0 saturated heterocycles. The van der Waals surface area contributed by atoms with E-state index in [1.54, 1.807) is 0 Å². The Bertz CT molecular complexity index is 718. The minimum Gasteiger partial charge on any atom is -0.494 e. The van der Waals surface area contributed by atoms with Crippen molar-refractivity contribution in [3.8, 4) is 17.6 Å². The van der Waals surface area contributed by atoms with E-state index in [0.717, 1.165) is 30.6 Å². The Morgan fingerprint density at radius 1 is 0.818 bits per heavy atom. The van der Waals surface area contributed by atoms with Gasteiger partial charge in [-0.25, -0.2) is 0 Å². The first kappa shape index (κ1) is 25.9. The van der Waals surface area contributed by atoms with Crippen molar-refractivity contribution in [1.82, 2.24) is 0 Å². The van der Waals surface area contributed by atoms with E-state index < -0.39 is 0 Å². The molecule has 2 aliphatic carbocycles. The number of allylic oxidation sites excluding steroid dienone is 2. The second kappa shape index (κ2) is 15.3. The van der Waals surface area contributed by atoms with Crippen LogP contribution in [0.2, 0.25) is 0 Å². The Morgan fingerprint density at radius 2 is 1.52 bits per heavy atom. The largest absolute Gasteiger partial charge is 0.494 e. The molecule has 0 radical (unpaired) electrons. The third kappa shape index (κ3) is 9.60. The fraction of sp³-hybridized carbons (Fsp3) is 0.688. The van der Waals surface area contributed by atoms with Crippen molar-refractivity contribution in [2.75, 3.05) is 6.61 Å². The molecule has 1 nitrogen and oxygen atoms in total. The molecule has 0 atom stereocenters. The molecule has 0 spiro atoms. The molecule has 1 heteroatoms. The molecule has 2 fully saturated rings. The maximum Gasteiger partial charge on any atom is 0.119 e. The zero-order chi connectivity index (χ0) is 23.1. The molecule has 33 heavy (non-hydrogen) atoms. The lowest BCUT2D eigenvalue weighted by Crippen LogP contribution is -2.13. The standard InChI is InChI=1S/C32H48O/c1-3-5-7-11-27-14-16-28(17-15-27)12-8-9-13-29-18-20-30(21-19-29)31-22-24-32(25-23-31)33-26-10-6-4-2/h8,12,22-25,27-30H,3-7,10-11,14-21,26H2,1-2H3/t27-,28-,29-,30-. The van der Waals surface area contributed by atoms with Crippen LogP contribution in [0.1, 0.15) is 122 Å². The van der Waals surface area contributed by atoms with Crippen molar-refractivity contribution >= 4 is 0 Å². The Kier molecular flexibility index (Phi) is 12.0. The maximum atomic E-state index is 5.87. The predicted molar refractivity (Wildman–Crippen MR) is 143 cm³/mol. The van der Waals surface area contributed by atoms with Gasteiger partial charge in [-0.2, -0.15) is 0 Å². The van der Waals surface area contributed by atoms with Gasteiger partial charge in [0.15, 0.2) is 0 Å². The third-order valence-electron chi connectivity index (χ3n) is 7.94. The summed E-state index contributed by atoms with van der Waals surface area (Å²) in [4.78, 5) is 0. The summed E-state index contributed by atoms with van der Waals surface area (Å²) < 4.78 is 5.87. The summed E-state index contributed by atoms with van der Waals surface area (Å²) in [6.45, 7) is 5.37. The Hall–Kier alpha value is -1.68. The summed E-state index contributed by atoms with van der Waals surface area (Å²) >= 11 is 0. The highest BCUT2D eigenvalue weighted by Gasteiger charge is 2.21. The lowest BCUT2D eigenvalue weighted by Gasteiger charge is -2.26. The average molecular weight is 449 g/mol. The summed E-state index contributed by atoms with van der Waals surface area (Å²) in [5.41, 5.74) is 1.48. The highest BCUT2D eigenvalue weighted by molar-refractivity contribution is 5.30. The topological polar surface area (TPSA) is 9.23 Å². The number of ether oxygens (including phenoxy) is 1. The number of hydrogen-bond donors (Lipinski definition) is 0. The van der Waals surface area contributed by atoms with Gasteiger partial charge in [-0.1, -0.05) is 82.4 Å². The van der Waals surface area contributed by atoms with Gasteiger partial charge in [0, 0.05) is 5.92 Å². The van der Waals surface area contributed by atoms with Crippen molar-refractivity contribution < 1.29 is 4.74 Å². The highest BCUT2D eigenvalue weighted by Crippen LogP contribution is 2.36. The summed E-state index contributed by atoms with van der Waals surface area (Å²) in [6.07, 6.45) is 24.5. The van der Waals surface area contributed by atoms with Gasteiger partial charge in [0.1, 0.15) is 5.75 Å². The molecular formula is C32H48O. The Morgan fingerprint density at radius 3 is 2.21 bits per heavy atom. The summed E-state index contributed by atoms with van der Waals surface area (Å²) in [5.74, 6) is 11.0. The molecule has 0 aliphatic heterocycles. The molecule has 0 amide bonds. The summed E-state index contributed by atoms with van der Waals surface area (Å²) in [7, 11) is 0. The van der Waals surface area contributed by atoms with E-state index in [0.29, 0.717) is 11.8 Å². The van der Waals surface area contributed by atoms with Gasteiger partial charge < -0.3 is 4.74 Å². The van der Waals surface area contributed by atoms with E-state index in [1.165, 1.54) is 95.5 Å². The van der Waals surface area contributed by atoms with Crippen LogP contribution in [0.25, 0.3) is 0 Å². The molecule has 0 aromatic heterocycles. The van der Waals surface area contributed by atoms with Crippen LogP contribution in [-0.2, 0) is 0 Å². The Labute approximate surface area is 204 Å². The van der Waals surface area contributed by atoms with Crippen LogP contribution in [0.5, 0.6) is 5.75 Å². The zero-order valence-electron chi connectivity index (χ0n) is 21.5. The van der Waals surface area contributed by atoms with Gasteiger partial charge >= 0.3 is 0 Å². The molecule has 0 heterocycles. The van der Waals surface area contributed by atoms with Crippen molar-refractivity contribution in [1.29, 1.82) is 0 Å². The minimum atomic E-state index is 0.585. The van der Waals surface area contributed by atoms with E-state index in [1.807, 2.05) is 0 Å². The van der Waals surface area contributed by atoms with E-state index in [4.69, 9.17) is 4.74 Å². The van der Waals surface area contributed by atoms with Gasteiger partial charge in [0.25, 0.3) is 0 Å². The smallest absolute Gasteiger partial charge is 0.119 e. The van der Waals surface area contributed by atoms with Crippen molar-refractivity contribution in [2.45, 2.75) is 116 Å². The van der Waals surface area contributed by atoms with Crippen molar-refractivity contribution in [2.24, 2.45) is 17.8 Å². The number of unbranched alkanes of at least 4 members (excludes halogenated alkanes) is 4. The molecule has 0 N–H and O–H groups in total. The van der Waals surface area contributed by atoms with Gasteiger partial charge in [-0.05, 0) is 99.3 Å². The minimum absolute atomic E-state index is 0.585. The molecule has 3 rings (SSSR count). The fourth-order valence-corrected chi connectivity index (χ4v) is 5.65. The van der Waals surface area contributed by atoms with Crippen LogP contribution in [0.3, 0.4) is 0 Å². The lowest BCUT2D eigenvalue weighted by atomic mass is 9.79. The first-order valence-corrected chi connectivity index (χ1v) is 14.2. The molecule has 1 aromatic carbocycles. The molecular weight excluding hydrogens is 400 g/mol. The predicted octanol–water partition coefficient (Wildman–Crippen LogP) is 9.48. The van der Waals surface area contributed by atoms with Crippen molar-refractivity contribution in [3.63, 3.8) is 0 Å². The van der Waals surface area contributed by atoms with Gasteiger partial charge in [-0.3, -0.25) is 0 Å². The normalized spacial score (nSPS) is 25.5. The average Bonchev–Trinajstić information content (AvgIpc) is 2.86. The molecule has 182 valence electrons. The molecule has 0 bridgehead atoms. The second-order valence-corrected chi connectivity index (χ2v) is 10.6. The van der Waals surface area contributed by atoms with E-state index in [-0.39, 0.29) is 0 Å². The molecule has 1 aromatic rings. The summed E-state index contributed by atoms with van der Waals surface area (Å²) in [5, 5.41) is 0. The lowest BCUT2D eigenvalue weighted by molar-refractivity contribution is 0.289. The first-order valence-electron chi connectivity index (χ1n) is 14.2. The van der Waals surface area contributed by atoms with Crippen LogP contribution in [-0.4, -0.2) is 6.61 Å². The molecule has 2 saturated carbocycles. The zero-order valence-corrected chi connectivity index (χ0v) is 21.5. The monoisotopic (exact) mass is 448 g/mol. The van der Waals surface area contributed by atoms with E-state index >= 15 is 0 Å². The summed E-state index contributed by atoms with van der Waals surface area (Å²) in [6, 6.07) is 8.90. The van der Waals surface area contributed by atoms with Gasteiger partial charge in [-0.15, -0.1) is 0 Å². The molecule has 2 aliphatic rings. The maximum absolute atomic E-state index is 5.87. The fourth-order valence-electron chi connectivity index (χ4n) is 5.65. The number of benzene rings is 1. The SMILES string of the molecule is CCCCCOc1ccc([C@H]2CC[C@H](C#CC=C[C@H]3CC[C@H](CCCCC)CC3)CC2)cc1. The van der Waals surface area contributed by atoms with Gasteiger partial charge in [0.05, 0.1) is 6.61 Å². The van der Waals surface area contributed by atoms with E-state index in [9.17, 15) is 0 Å². The molecule has 0 unspecified atom stereocenters. The van der Waals surface area contributed by atoms with Gasteiger partial charge in [0.2, 0.25) is 0 Å². The van der Waals surface area contributed by atoms with Crippen LogP contribution >= 0.6 is 0 Å². The second-order valence-electron chi connectivity index (χ2n) is 10.6. The van der Waals surface area contributed by atoms with E-state index in [2.05, 4.69) is 62.1 Å². The van der Waals surface area contributed by atoms with Crippen LogP contribution in [0.15, 0.2) is 36.4 Å². The van der Waals surface area contributed by atoms with Crippen LogP contribution < -0.4 is 4.74 Å². The van der Waals surface area contributed by atoms with Crippen molar-refractivity contribution in [3.05, 3.63) is 42.0 Å². The van der Waals surface area contributed by atoms with Crippen LogP contribution in [0.4, 0.5) is 0 Å². The number of hydrogen-bond acceptors (Lipinski definition) is 1.